The molecule has 0 aromatic heterocycles. The van der Waals surface area contributed by atoms with Crippen molar-refractivity contribution in [1.29, 1.82) is 0 Å². The van der Waals surface area contributed by atoms with Crippen molar-refractivity contribution in [1.82, 2.24) is 0 Å². The van der Waals surface area contributed by atoms with Gasteiger partial charge < -0.3 is 4.90 Å². The number of hydrogen-bond donors (Lipinski definition) is 0. The molecule has 37 heavy (non-hydrogen) atoms. The van der Waals surface area contributed by atoms with E-state index in [1.807, 2.05) is 42.5 Å². The van der Waals surface area contributed by atoms with E-state index in [4.69, 9.17) is 2.74 Å². The van der Waals surface area contributed by atoms with Crippen molar-refractivity contribution >= 4 is 17.1 Å². The highest BCUT2D eigenvalue weighted by molar-refractivity contribution is 5.81. The second-order valence-electron chi connectivity index (χ2n) is 8.93. The van der Waals surface area contributed by atoms with Gasteiger partial charge in [-0.1, -0.05) is 127 Å². The lowest BCUT2D eigenvalue weighted by atomic mass is 10.0. The molecule has 6 aromatic rings. The van der Waals surface area contributed by atoms with Gasteiger partial charge in [-0.05, 0) is 69.8 Å². The first-order chi connectivity index (χ1) is 19.1. The Balaban J connectivity index is 1.39. The molecule has 6 aromatic carbocycles. The molecule has 176 valence electrons. The fourth-order valence-corrected chi connectivity index (χ4v) is 4.63. The molecule has 0 fully saturated rings. The molecule has 6 rings (SSSR count). The Labute approximate surface area is 221 Å². The van der Waals surface area contributed by atoms with E-state index >= 15 is 0 Å². The minimum Gasteiger partial charge on any atom is -0.311 e. The van der Waals surface area contributed by atoms with Gasteiger partial charge in [0.05, 0.1) is 2.74 Å². The van der Waals surface area contributed by atoms with Gasteiger partial charge in [0.1, 0.15) is 0 Å². The molecule has 0 saturated heterocycles. The average molecular weight is 478 g/mol. The van der Waals surface area contributed by atoms with E-state index in [2.05, 4.69) is 102 Å². The topological polar surface area (TPSA) is 3.24 Å². The van der Waals surface area contributed by atoms with Gasteiger partial charge >= 0.3 is 0 Å². The number of hydrogen-bond acceptors (Lipinski definition) is 1. The van der Waals surface area contributed by atoms with Crippen LogP contribution >= 0.6 is 0 Å². The first-order valence-corrected chi connectivity index (χ1v) is 12.4. The van der Waals surface area contributed by atoms with Gasteiger partial charge in [0.15, 0.2) is 0 Å². The lowest BCUT2D eigenvalue weighted by Gasteiger charge is -2.26. The van der Waals surface area contributed by atoms with Crippen molar-refractivity contribution in [2.24, 2.45) is 0 Å². The van der Waals surface area contributed by atoms with E-state index < -0.39 is 0 Å². The van der Waals surface area contributed by atoms with Crippen molar-refractivity contribution in [2.75, 3.05) is 4.90 Å². The van der Waals surface area contributed by atoms with E-state index in [1.165, 1.54) is 11.1 Å². The zero-order chi connectivity index (χ0) is 26.6. The van der Waals surface area contributed by atoms with Crippen LogP contribution in [0.25, 0.3) is 33.4 Å². The number of nitrogens with zero attached hydrogens (tertiary/aromatic N) is 1. The fraction of sp³-hybridized carbons (Fsp3) is 0. The van der Waals surface area contributed by atoms with Crippen LogP contribution < -0.4 is 4.90 Å². The summed E-state index contributed by atoms with van der Waals surface area (Å²) in [6.45, 7) is 0. The first kappa shape index (κ1) is 20.3. The molecule has 0 heterocycles. The van der Waals surface area contributed by atoms with Crippen LogP contribution in [-0.4, -0.2) is 0 Å². The Morgan fingerprint density at radius 2 is 0.595 bits per heavy atom. The summed E-state index contributed by atoms with van der Waals surface area (Å²) >= 11 is 0. The lowest BCUT2D eigenvalue weighted by molar-refractivity contribution is 1.28. The molecule has 0 amide bonds. The SMILES string of the molecule is [3H]c1cccc(-c2ccc(N(c3ccc(-c4ccccc4)cc3)c3ccc(-c4cccc([3H])c4)cc3)cc2)c1. The second kappa shape index (κ2) is 10.4. The van der Waals surface area contributed by atoms with Gasteiger partial charge in [-0.3, -0.25) is 0 Å². The lowest BCUT2D eigenvalue weighted by Crippen LogP contribution is -2.09. The summed E-state index contributed by atoms with van der Waals surface area (Å²) in [5, 5.41) is 0. The predicted octanol–water partition coefficient (Wildman–Crippen LogP) is 10.2. The standard InChI is InChI=1S/C36H27N/c1-4-10-28(11-5-1)31-16-22-34(23-17-31)37(35-24-18-32(19-25-35)29-12-6-2-7-13-29)36-26-20-33(21-27-36)30-14-8-3-9-15-30/h1-27H/i4T,6T. The van der Waals surface area contributed by atoms with Crippen molar-refractivity contribution in [2.45, 2.75) is 0 Å². The molecule has 0 N–H and O–H groups in total. The average Bonchev–Trinajstić information content (AvgIpc) is 2.99. The largest absolute Gasteiger partial charge is 0.311 e. The Morgan fingerprint density at radius 3 is 0.946 bits per heavy atom. The van der Waals surface area contributed by atoms with Crippen LogP contribution in [0, 0.1) is 0 Å². The van der Waals surface area contributed by atoms with Crippen LogP contribution in [0.15, 0.2) is 164 Å². The minimum absolute atomic E-state index is 0.507. The Morgan fingerprint density at radius 1 is 0.297 bits per heavy atom. The first-order valence-electron chi connectivity index (χ1n) is 13.4. The maximum absolute atomic E-state index is 7.97. The maximum atomic E-state index is 7.97. The van der Waals surface area contributed by atoms with Gasteiger partial charge in [-0.25, -0.2) is 0 Å². The molecule has 0 bridgehead atoms. The third-order valence-corrected chi connectivity index (χ3v) is 6.56. The van der Waals surface area contributed by atoms with Crippen molar-refractivity contribution in [3.05, 3.63) is 164 Å². The van der Waals surface area contributed by atoms with E-state index in [0.29, 0.717) is 12.1 Å². The zero-order valence-electron chi connectivity index (χ0n) is 22.4. The molecule has 0 spiro atoms. The highest BCUT2D eigenvalue weighted by atomic mass is 15.1. The second-order valence-corrected chi connectivity index (χ2v) is 8.93. The van der Waals surface area contributed by atoms with Gasteiger partial charge in [0.25, 0.3) is 0 Å². The molecule has 0 atom stereocenters. The quantitative estimate of drug-likeness (QED) is 0.231. The number of benzene rings is 6. The Bertz CT molecular complexity index is 1600. The van der Waals surface area contributed by atoms with Crippen LogP contribution in [0.4, 0.5) is 17.1 Å². The molecule has 0 saturated carbocycles. The van der Waals surface area contributed by atoms with Crippen molar-refractivity contribution < 1.29 is 2.74 Å². The van der Waals surface area contributed by atoms with Crippen LogP contribution in [0.5, 0.6) is 0 Å². The highest BCUT2D eigenvalue weighted by Gasteiger charge is 2.13. The van der Waals surface area contributed by atoms with Gasteiger partial charge in [-0.2, -0.15) is 0 Å². The summed E-state index contributed by atoms with van der Waals surface area (Å²) in [7, 11) is 0. The molecule has 0 unspecified atom stereocenters. The van der Waals surface area contributed by atoms with E-state index in [-0.39, 0.29) is 0 Å². The smallest absolute Gasteiger partial charge is 0.0623 e. The maximum Gasteiger partial charge on any atom is 0.0623 e. The summed E-state index contributed by atoms with van der Waals surface area (Å²) in [6, 6.07) is 52.4. The zero-order valence-corrected chi connectivity index (χ0v) is 20.4. The molecule has 0 aliphatic rings. The molecule has 1 nitrogen and oxygen atoms in total. The predicted molar refractivity (Wildman–Crippen MR) is 157 cm³/mol. The normalized spacial score (nSPS) is 11.5. The molecular formula is C36H27N. The summed E-state index contributed by atoms with van der Waals surface area (Å²) in [5.74, 6) is 0. The summed E-state index contributed by atoms with van der Waals surface area (Å²) in [6.07, 6.45) is 0. The third-order valence-electron chi connectivity index (χ3n) is 6.56. The Kier molecular flexibility index (Phi) is 5.71. The van der Waals surface area contributed by atoms with Crippen LogP contribution in [0.2, 0.25) is 0 Å². The summed E-state index contributed by atoms with van der Waals surface area (Å²) in [4.78, 5) is 2.25. The van der Waals surface area contributed by atoms with Crippen molar-refractivity contribution in [3.8, 4) is 33.4 Å². The molecule has 0 aliphatic carbocycles. The van der Waals surface area contributed by atoms with E-state index in [0.717, 1.165) is 39.3 Å². The summed E-state index contributed by atoms with van der Waals surface area (Å²) in [5.41, 5.74) is 9.77. The van der Waals surface area contributed by atoms with Crippen LogP contribution in [-0.2, 0) is 0 Å². The Hall–Kier alpha value is -4.88. The number of rotatable bonds is 6. The van der Waals surface area contributed by atoms with Crippen molar-refractivity contribution in [3.63, 3.8) is 0 Å². The third kappa shape index (κ3) is 4.94. The van der Waals surface area contributed by atoms with Gasteiger partial charge in [0.2, 0.25) is 0 Å². The highest BCUT2D eigenvalue weighted by Crippen LogP contribution is 2.37. The number of anilines is 3. The van der Waals surface area contributed by atoms with Crippen LogP contribution in [0.1, 0.15) is 2.74 Å². The molecule has 0 radical (unpaired) electrons. The molecular weight excluding hydrogens is 446 g/mol. The van der Waals surface area contributed by atoms with Gasteiger partial charge in [0, 0.05) is 17.1 Å². The fourth-order valence-electron chi connectivity index (χ4n) is 4.63. The van der Waals surface area contributed by atoms with E-state index in [9.17, 15) is 0 Å². The molecule has 0 aliphatic heterocycles. The monoisotopic (exact) mass is 477 g/mol. The summed E-state index contributed by atoms with van der Waals surface area (Å²) < 4.78 is 15.9. The van der Waals surface area contributed by atoms with Crippen LogP contribution in [0.3, 0.4) is 0 Å². The minimum atomic E-state index is 0.507. The van der Waals surface area contributed by atoms with Gasteiger partial charge in [-0.15, -0.1) is 0 Å². The van der Waals surface area contributed by atoms with E-state index in [1.54, 1.807) is 12.1 Å². The molecule has 1 heteroatoms.